The van der Waals surface area contributed by atoms with Gasteiger partial charge in [0, 0.05) is 17.4 Å². The van der Waals surface area contributed by atoms with Crippen LogP contribution in [-0.4, -0.2) is 42.1 Å². The fourth-order valence-electron chi connectivity index (χ4n) is 7.17. The molecule has 0 aromatic heterocycles. The molecule has 2 aliphatic carbocycles. The lowest BCUT2D eigenvalue weighted by Gasteiger charge is -2.58. The zero-order valence-corrected chi connectivity index (χ0v) is 16.5. The van der Waals surface area contributed by atoms with Gasteiger partial charge in [0.25, 0.3) is 0 Å². The topological polar surface area (TPSA) is 74.4 Å². The van der Waals surface area contributed by atoms with E-state index in [9.17, 15) is 9.59 Å². The SMILES string of the molecule is CC1(C)CCC[C@@]2(C)[C@H]1[C@@H]1OC(=O)O[C@@H]1[C@@]1(C)O[C@@]21CCC1=CC(=O)OC1. The van der Waals surface area contributed by atoms with Crippen LogP contribution in [0.25, 0.3) is 0 Å². The van der Waals surface area contributed by atoms with Crippen LogP contribution in [0.2, 0.25) is 0 Å². The van der Waals surface area contributed by atoms with Crippen LogP contribution < -0.4 is 0 Å². The second-order valence-corrected chi connectivity index (χ2v) is 10.1. The Morgan fingerprint density at radius 3 is 2.59 bits per heavy atom. The van der Waals surface area contributed by atoms with Crippen molar-refractivity contribution >= 4 is 12.1 Å². The second kappa shape index (κ2) is 5.07. The van der Waals surface area contributed by atoms with Crippen molar-refractivity contribution in [2.75, 3.05) is 6.61 Å². The van der Waals surface area contributed by atoms with Crippen LogP contribution in [0.1, 0.15) is 59.8 Å². The third kappa shape index (κ3) is 2.05. The van der Waals surface area contributed by atoms with Crippen LogP contribution in [-0.2, 0) is 23.7 Å². The molecule has 5 rings (SSSR count). The fraction of sp³-hybridized carbons (Fsp3) is 0.810. The van der Waals surface area contributed by atoms with Gasteiger partial charge in [0.15, 0.2) is 6.10 Å². The number of esters is 1. The smallest absolute Gasteiger partial charge is 0.458 e. The molecular weight excluding hydrogens is 348 g/mol. The number of cyclic esters (lactones) is 1. The summed E-state index contributed by atoms with van der Waals surface area (Å²) in [6.07, 6.45) is 5.26. The summed E-state index contributed by atoms with van der Waals surface area (Å²) < 4.78 is 23.0. The first-order chi connectivity index (χ1) is 12.6. The zero-order chi connectivity index (χ0) is 19.2. The monoisotopic (exact) mass is 376 g/mol. The minimum absolute atomic E-state index is 0.0376. The molecule has 0 N–H and O–H groups in total. The molecule has 0 amide bonds. The lowest BCUT2D eigenvalue weighted by molar-refractivity contribution is -0.137. The minimum Gasteiger partial charge on any atom is -0.458 e. The molecule has 0 aromatic rings. The Kier molecular flexibility index (Phi) is 3.30. The van der Waals surface area contributed by atoms with E-state index in [1.165, 1.54) is 0 Å². The maximum Gasteiger partial charge on any atom is 0.509 e. The van der Waals surface area contributed by atoms with E-state index >= 15 is 0 Å². The van der Waals surface area contributed by atoms with Crippen molar-refractivity contribution in [1.29, 1.82) is 0 Å². The van der Waals surface area contributed by atoms with Gasteiger partial charge in [0.05, 0.1) is 0 Å². The zero-order valence-electron chi connectivity index (χ0n) is 16.5. The Labute approximate surface area is 159 Å². The minimum atomic E-state index is -0.571. The normalized spacial score (nSPS) is 49.2. The number of carbonyl (C=O) groups excluding carboxylic acids is 2. The van der Waals surface area contributed by atoms with Gasteiger partial charge in [-0.1, -0.05) is 27.2 Å². The molecule has 2 saturated heterocycles. The summed E-state index contributed by atoms with van der Waals surface area (Å²) in [5, 5.41) is 0. The Morgan fingerprint density at radius 2 is 1.89 bits per heavy atom. The molecule has 2 saturated carbocycles. The molecule has 6 atom stereocenters. The lowest BCUT2D eigenvalue weighted by Crippen LogP contribution is -2.65. The van der Waals surface area contributed by atoms with E-state index in [0.29, 0.717) is 6.61 Å². The molecule has 0 unspecified atom stereocenters. The van der Waals surface area contributed by atoms with E-state index in [2.05, 4.69) is 27.7 Å². The number of epoxide rings is 1. The first-order valence-electron chi connectivity index (χ1n) is 10.1. The van der Waals surface area contributed by atoms with Gasteiger partial charge in [-0.25, -0.2) is 9.59 Å². The number of hydrogen-bond donors (Lipinski definition) is 0. The quantitative estimate of drug-likeness (QED) is 0.554. The molecule has 4 fully saturated rings. The van der Waals surface area contributed by atoms with Gasteiger partial charge >= 0.3 is 12.1 Å². The largest absolute Gasteiger partial charge is 0.509 e. The summed E-state index contributed by atoms with van der Waals surface area (Å²) in [6, 6.07) is 0. The van der Waals surface area contributed by atoms with E-state index in [0.717, 1.165) is 37.7 Å². The number of fused-ring (bicyclic) bond motifs is 6. The average Bonchev–Trinajstić information content (AvgIpc) is 2.85. The van der Waals surface area contributed by atoms with Crippen molar-refractivity contribution in [1.82, 2.24) is 0 Å². The molecule has 0 spiro atoms. The molecular formula is C21H28O6. The van der Waals surface area contributed by atoms with Crippen molar-refractivity contribution in [3.05, 3.63) is 11.6 Å². The standard InChI is InChI=1S/C21H28O6/c1-18(2)7-5-8-19(3)15(18)14-16(26-17(23)25-14)20(4)21(19,27-20)9-6-12-10-13(22)24-11-12/h10,14-16H,5-9,11H2,1-4H3/t14-,15-,16-,19-,20+,21-/m0/s1. The van der Waals surface area contributed by atoms with Gasteiger partial charge in [0.2, 0.25) is 0 Å². The van der Waals surface area contributed by atoms with Gasteiger partial charge in [-0.15, -0.1) is 0 Å². The lowest BCUT2D eigenvalue weighted by atomic mass is 9.44. The van der Waals surface area contributed by atoms with Gasteiger partial charge in [0.1, 0.15) is 23.9 Å². The summed E-state index contributed by atoms with van der Waals surface area (Å²) in [5.74, 6) is -0.0760. The highest BCUT2D eigenvalue weighted by atomic mass is 16.8. The van der Waals surface area contributed by atoms with Crippen LogP contribution in [0.3, 0.4) is 0 Å². The van der Waals surface area contributed by atoms with Gasteiger partial charge in [-0.05, 0) is 43.6 Å². The van der Waals surface area contributed by atoms with Crippen LogP contribution >= 0.6 is 0 Å². The molecule has 0 bridgehead atoms. The highest BCUT2D eigenvalue weighted by Gasteiger charge is 2.86. The fourth-order valence-corrected chi connectivity index (χ4v) is 7.17. The summed E-state index contributed by atoms with van der Waals surface area (Å²) in [4.78, 5) is 23.5. The van der Waals surface area contributed by atoms with E-state index in [1.807, 2.05) is 0 Å². The first-order valence-corrected chi connectivity index (χ1v) is 10.1. The van der Waals surface area contributed by atoms with Gasteiger partial charge < -0.3 is 18.9 Å². The predicted molar refractivity (Wildman–Crippen MR) is 94.9 cm³/mol. The third-order valence-corrected chi connectivity index (χ3v) is 8.26. The molecule has 3 heterocycles. The summed E-state index contributed by atoms with van der Waals surface area (Å²) in [6.45, 7) is 9.32. The maximum atomic E-state index is 12.0. The highest BCUT2D eigenvalue weighted by molar-refractivity contribution is 5.85. The second-order valence-electron chi connectivity index (χ2n) is 10.1. The first kappa shape index (κ1) is 17.5. The van der Waals surface area contributed by atoms with Crippen molar-refractivity contribution in [3.63, 3.8) is 0 Å². The van der Waals surface area contributed by atoms with Crippen molar-refractivity contribution < 1.29 is 28.5 Å². The van der Waals surface area contributed by atoms with Gasteiger partial charge in [-0.3, -0.25) is 0 Å². The Hall–Kier alpha value is -1.56. The predicted octanol–water partition coefficient (Wildman–Crippen LogP) is 3.53. The number of rotatable bonds is 3. The third-order valence-electron chi connectivity index (χ3n) is 8.26. The average molecular weight is 376 g/mol. The van der Waals surface area contributed by atoms with Crippen molar-refractivity contribution in [2.24, 2.45) is 16.7 Å². The Morgan fingerprint density at radius 1 is 1.11 bits per heavy atom. The molecule has 0 radical (unpaired) electrons. The Balaban J connectivity index is 1.54. The van der Waals surface area contributed by atoms with Crippen molar-refractivity contribution in [2.45, 2.75) is 83.2 Å². The van der Waals surface area contributed by atoms with Crippen LogP contribution in [0, 0.1) is 16.7 Å². The van der Waals surface area contributed by atoms with E-state index < -0.39 is 11.8 Å². The van der Waals surface area contributed by atoms with Crippen molar-refractivity contribution in [3.8, 4) is 0 Å². The van der Waals surface area contributed by atoms with E-state index in [4.69, 9.17) is 18.9 Å². The van der Waals surface area contributed by atoms with E-state index in [1.54, 1.807) is 6.08 Å². The number of ether oxygens (including phenoxy) is 4. The maximum absolute atomic E-state index is 12.0. The Bertz CT molecular complexity index is 756. The molecule has 148 valence electrons. The number of carbonyl (C=O) groups is 2. The van der Waals surface area contributed by atoms with Crippen LogP contribution in [0.4, 0.5) is 4.79 Å². The van der Waals surface area contributed by atoms with Crippen LogP contribution in [0.15, 0.2) is 11.6 Å². The highest BCUT2D eigenvalue weighted by Crippen LogP contribution is 2.75. The van der Waals surface area contributed by atoms with E-state index in [-0.39, 0.29) is 40.5 Å². The summed E-state index contributed by atoms with van der Waals surface area (Å²) in [5.41, 5.74) is 0.0407. The molecule has 5 aliphatic rings. The molecule has 6 heteroatoms. The summed E-state index contributed by atoms with van der Waals surface area (Å²) in [7, 11) is 0. The molecule has 6 nitrogen and oxygen atoms in total. The van der Waals surface area contributed by atoms with Crippen LogP contribution in [0.5, 0.6) is 0 Å². The number of hydrogen-bond acceptors (Lipinski definition) is 6. The molecule has 27 heavy (non-hydrogen) atoms. The molecule has 0 aromatic carbocycles. The molecule has 3 aliphatic heterocycles. The summed E-state index contributed by atoms with van der Waals surface area (Å²) >= 11 is 0. The van der Waals surface area contributed by atoms with Gasteiger partial charge in [-0.2, -0.15) is 0 Å².